The lowest BCUT2D eigenvalue weighted by atomic mass is 10.0. The topological polar surface area (TPSA) is 26.3 Å². The van der Waals surface area contributed by atoms with Crippen molar-refractivity contribution in [1.29, 1.82) is 0 Å². The molecule has 1 rings (SSSR count). The van der Waals surface area contributed by atoms with E-state index < -0.39 is 0 Å². The molecule has 0 fully saturated rings. The normalized spacial score (nSPS) is 9.93. The quantitative estimate of drug-likeness (QED) is 0.685. The molecule has 0 aliphatic carbocycles. The van der Waals surface area contributed by atoms with Gasteiger partial charge in [-0.1, -0.05) is 19.1 Å². The fourth-order valence-electron chi connectivity index (χ4n) is 1.52. The molecule has 0 saturated heterocycles. The Morgan fingerprint density at radius 1 is 1.43 bits per heavy atom. The van der Waals surface area contributed by atoms with Crippen molar-refractivity contribution in [3.8, 4) is 5.75 Å². The third-order valence-corrected chi connectivity index (χ3v) is 2.21. The number of methoxy groups -OCH3 is 1. The molecule has 0 aromatic heterocycles. The van der Waals surface area contributed by atoms with Gasteiger partial charge in [-0.25, -0.2) is 0 Å². The molecule has 0 saturated carbocycles. The van der Waals surface area contributed by atoms with Crippen molar-refractivity contribution in [2.45, 2.75) is 26.7 Å². The van der Waals surface area contributed by atoms with E-state index in [1.165, 1.54) is 0 Å². The predicted octanol–water partition coefficient (Wildman–Crippen LogP) is 2.99. The van der Waals surface area contributed by atoms with Crippen LogP contribution < -0.4 is 4.74 Å². The lowest BCUT2D eigenvalue weighted by Gasteiger charge is -2.09. The van der Waals surface area contributed by atoms with Crippen LogP contribution in [0.1, 0.15) is 35.7 Å². The maximum atomic E-state index is 11.8. The van der Waals surface area contributed by atoms with E-state index in [9.17, 15) is 4.79 Å². The van der Waals surface area contributed by atoms with Crippen molar-refractivity contribution >= 4 is 5.78 Å². The van der Waals surface area contributed by atoms with Crippen LogP contribution in [0.4, 0.5) is 0 Å². The van der Waals surface area contributed by atoms with E-state index in [-0.39, 0.29) is 5.78 Å². The maximum absolute atomic E-state index is 11.8. The smallest absolute Gasteiger partial charge is 0.166 e. The van der Waals surface area contributed by atoms with E-state index in [4.69, 9.17) is 4.74 Å². The first-order valence-electron chi connectivity index (χ1n) is 4.87. The Bertz CT molecular complexity index is 329. The van der Waals surface area contributed by atoms with Crippen LogP contribution in [0.2, 0.25) is 0 Å². The van der Waals surface area contributed by atoms with Crippen LogP contribution in [-0.2, 0) is 0 Å². The molecule has 14 heavy (non-hydrogen) atoms. The number of aryl methyl sites for hydroxylation is 1. The fourth-order valence-corrected chi connectivity index (χ4v) is 1.52. The van der Waals surface area contributed by atoms with Crippen LogP contribution in [-0.4, -0.2) is 12.9 Å². The zero-order chi connectivity index (χ0) is 10.6. The van der Waals surface area contributed by atoms with Gasteiger partial charge in [0, 0.05) is 6.42 Å². The first-order valence-corrected chi connectivity index (χ1v) is 4.87. The molecule has 2 nitrogen and oxygen atoms in total. The van der Waals surface area contributed by atoms with Gasteiger partial charge in [0.25, 0.3) is 0 Å². The summed E-state index contributed by atoms with van der Waals surface area (Å²) in [5.41, 5.74) is 1.72. The molecule has 0 unspecified atom stereocenters. The molecule has 0 N–H and O–H groups in total. The third-order valence-electron chi connectivity index (χ3n) is 2.21. The molecular weight excluding hydrogens is 176 g/mol. The molecule has 0 radical (unpaired) electrons. The summed E-state index contributed by atoms with van der Waals surface area (Å²) in [7, 11) is 1.59. The van der Waals surface area contributed by atoms with E-state index in [0.29, 0.717) is 12.2 Å². The van der Waals surface area contributed by atoms with Crippen molar-refractivity contribution < 1.29 is 9.53 Å². The Morgan fingerprint density at radius 2 is 2.14 bits per heavy atom. The van der Waals surface area contributed by atoms with Crippen molar-refractivity contribution in [3.05, 3.63) is 29.3 Å². The third kappa shape index (κ3) is 2.13. The highest BCUT2D eigenvalue weighted by atomic mass is 16.5. The van der Waals surface area contributed by atoms with Gasteiger partial charge in [0.05, 0.1) is 12.7 Å². The van der Waals surface area contributed by atoms with Crippen molar-refractivity contribution in [2.24, 2.45) is 0 Å². The summed E-state index contributed by atoms with van der Waals surface area (Å²) in [6, 6.07) is 5.66. The van der Waals surface area contributed by atoms with E-state index in [1.54, 1.807) is 7.11 Å². The predicted molar refractivity (Wildman–Crippen MR) is 57.0 cm³/mol. The summed E-state index contributed by atoms with van der Waals surface area (Å²) >= 11 is 0. The second-order valence-electron chi connectivity index (χ2n) is 3.33. The van der Waals surface area contributed by atoms with Gasteiger partial charge in [0.1, 0.15) is 5.75 Å². The Balaban J connectivity index is 3.10. The van der Waals surface area contributed by atoms with E-state index in [1.807, 2.05) is 32.0 Å². The second kappa shape index (κ2) is 4.80. The molecule has 0 atom stereocenters. The summed E-state index contributed by atoms with van der Waals surface area (Å²) in [5, 5.41) is 0. The molecule has 0 amide bonds. The average Bonchev–Trinajstić information content (AvgIpc) is 2.17. The molecular formula is C12H16O2. The largest absolute Gasteiger partial charge is 0.496 e. The van der Waals surface area contributed by atoms with Crippen LogP contribution in [0.15, 0.2) is 18.2 Å². The maximum Gasteiger partial charge on any atom is 0.166 e. The Kier molecular flexibility index (Phi) is 3.69. The van der Waals surface area contributed by atoms with Gasteiger partial charge in [-0.3, -0.25) is 4.79 Å². The van der Waals surface area contributed by atoms with Crippen LogP contribution in [0.3, 0.4) is 0 Å². The minimum atomic E-state index is 0.169. The second-order valence-corrected chi connectivity index (χ2v) is 3.33. The number of rotatable bonds is 4. The number of carbonyl (C=O) groups is 1. The monoisotopic (exact) mass is 192 g/mol. The molecule has 2 heteroatoms. The average molecular weight is 192 g/mol. The molecule has 1 aromatic carbocycles. The first kappa shape index (κ1) is 10.8. The van der Waals surface area contributed by atoms with Crippen molar-refractivity contribution in [2.75, 3.05) is 7.11 Å². The number of benzene rings is 1. The number of hydrogen-bond donors (Lipinski definition) is 0. The summed E-state index contributed by atoms with van der Waals surface area (Å²) in [4.78, 5) is 11.8. The number of Topliss-reactive ketones (excluding diaryl/α,β-unsaturated/α-hetero) is 1. The van der Waals surface area contributed by atoms with Gasteiger partial charge in [0.15, 0.2) is 5.78 Å². The van der Waals surface area contributed by atoms with Gasteiger partial charge in [-0.2, -0.15) is 0 Å². The summed E-state index contributed by atoms with van der Waals surface area (Å²) in [6.45, 7) is 3.94. The van der Waals surface area contributed by atoms with Gasteiger partial charge in [-0.05, 0) is 25.0 Å². The van der Waals surface area contributed by atoms with E-state index >= 15 is 0 Å². The number of hydrogen-bond acceptors (Lipinski definition) is 2. The minimum Gasteiger partial charge on any atom is -0.496 e. The first-order chi connectivity index (χ1) is 6.70. The summed E-state index contributed by atoms with van der Waals surface area (Å²) in [6.07, 6.45) is 1.46. The lowest BCUT2D eigenvalue weighted by Crippen LogP contribution is -2.04. The van der Waals surface area contributed by atoms with E-state index in [2.05, 4.69) is 0 Å². The highest BCUT2D eigenvalue weighted by Gasteiger charge is 2.13. The van der Waals surface area contributed by atoms with Crippen LogP contribution in [0.25, 0.3) is 0 Å². The van der Waals surface area contributed by atoms with Crippen LogP contribution >= 0.6 is 0 Å². The van der Waals surface area contributed by atoms with Crippen LogP contribution in [0, 0.1) is 6.92 Å². The van der Waals surface area contributed by atoms with Gasteiger partial charge in [-0.15, -0.1) is 0 Å². The molecule has 0 bridgehead atoms. The molecule has 0 heterocycles. The molecule has 0 aliphatic heterocycles. The summed E-state index contributed by atoms with van der Waals surface area (Å²) in [5.74, 6) is 0.853. The highest BCUT2D eigenvalue weighted by molar-refractivity contribution is 5.99. The zero-order valence-corrected chi connectivity index (χ0v) is 8.96. The fraction of sp³-hybridized carbons (Fsp3) is 0.417. The van der Waals surface area contributed by atoms with E-state index in [0.717, 1.165) is 17.5 Å². The number of carbonyl (C=O) groups excluding carboxylic acids is 1. The minimum absolute atomic E-state index is 0.169. The molecule has 76 valence electrons. The van der Waals surface area contributed by atoms with Crippen molar-refractivity contribution in [1.82, 2.24) is 0 Å². The Hall–Kier alpha value is -1.31. The molecule has 1 aromatic rings. The van der Waals surface area contributed by atoms with Crippen LogP contribution in [0.5, 0.6) is 5.75 Å². The lowest BCUT2D eigenvalue weighted by molar-refractivity contribution is 0.0978. The molecule has 0 aliphatic rings. The zero-order valence-electron chi connectivity index (χ0n) is 8.96. The highest BCUT2D eigenvalue weighted by Crippen LogP contribution is 2.23. The Morgan fingerprint density at radius 3 is 2.71 bits per heavy atom. The van der Waals surface area contributed by atoms with Gasteiger partial charge >= 0.3 is 0 Å². The SMILES string of the molecule is CCCC(=O)c1c(C)cccc1OC. The standard InChI is InChI=1S/C12H16O2/c1-4-6-10(13)12-9(2)7-5-8-11(12)14-3/h5,7-8H,4,6H2,1-3H3. The van der Waals surface area contributed by atoms with Crippen molar-refractivity contribution in [3.63, 3.8) is 0 Å². The van der Waals surface area contributed by atoms with Gasteiger partial charge < -0.3 is 4.74 Å². The number of ketones is 1. The summed E-state index contributed by atoms with van der Waals surface area (Å²) < 4.78 is 5.17. The van der Waals surface area contributed by atoms with Gasteiger partial charge in [0.2, 0.25) is 0 Å². The molecule has 0 spiro atoms. The Labute approximate surface area is 84.9 Å². The number of ether oxygens (including phenoxy) is 1.